The zero-order valence-corrected chi connectivity index (χ0v) is 12.2. The van der Waals surface area contributed by atoms with Crippen LogP contribution in [0.2, 0.25) is 0 Å². The topological polar surface area (TPSA) is 67.6 Å². The smallest absolute Gasteiger partial charge is 0.240 e. The number of rotatable bonds is 5. The van der Waals surface area contributed by atoms with Crippen molar-refractivity contribution in [3.8, 4) is 5.75 Å². The van der Waals surface area contributed by atoms with Gasteiger partial charge in [-0.2, -0.15) is 0 Å². The van der Waals surface area contributed by atoms with Crippen LogP contribution in [0, 0.1) is 0 Å². The Kier molecular flexibility index (Phi) is 4.62. The molecule has 0 radical (unpaired) electrons. The van der Waals surface area contributed by atoms with Crippen molar-refractivity contribution in [2.75, 3.05) is 26.2 Å². The summed E-state index contributed by atoms with van der Waals surface area (Å²) in [5.74, 6) is 0.914. The molecule has 1 saturated heterocycles. The highest BCUT2D eigenvalue weighted by Crippen LogP contribution is 2.17. The number of hydrogen-bond donors (Lipinski definition) is 2. The molecule has 0 aliphatic carbocycles. The summed E-state index contributed by atoms with van der Waals surface area (Å²) in [5, 5.41) is 2.89. The Morgan fingerprint density at radius 1 is 1.35 bits per heavy atom. The molecule has 0 atom stereocenters. The third kappa shape index (κ3) is 3.29. The third-order valence-corrected chi connectivity index (χ3v) is 3.80. The molecule has 20 heavy (non-hydrogen) atoms. The molecule has 1 heterocycles. The van der Waals surface area contributed by atoms with Gasteiger partial charge in [0.05, 0.1) is 5.54 Å². The molecular formula is C15H23N3O2. The summed E-state index contributed by atoms with van der Waals surface area (Å²) in [6.45, 7) is 7.28. The fourth-order valence-electron chi connectivity index (χ4n) is 2.33. The van der Waals surface area contributed by atoms with E-state index in [0.29, 0.717) is 19.7 Å². The third-order valence-electron chi connectivity index (χ3n) is 3.80. The number of carbonyl (C=O) groups excluding carboxylic acids is 1. The van der Waals surface area contributed by atoms with Gasteiger partial charge in [-0.1, -0.05) is 12.1 Å². The van der Waals surface area contributed by atoms with Crippen molar-refractivity contribution in [1.82, 2.24) is 10.2 Å². The van der Waals surface area contributed by atoms with Crippen LogP contribution in [0.15, 0.2) is 24.3 Å². The van der Waals surface area contributed by atoms with E-state index in [1.54, 1.807) is 0 Å². The predicted molar refractivity (Wildman–Crippen MR) is 78.5 cm³/mol. The van der Waals surface area contributed by atoms with Crippen LogP contribution in [0.25, 0.3) is 0 Å². The summed E-state index contributed by atoms with van der Waals surface area (Å²) in [6, 6.07) is 7.79. The van der Waals surface area contributed by atoms with Crippen molar-refractivity contribution in [3.63, 3.8) is 0 Å². The molecule has 1 amide bonds. The Hall–Kier alpha value is -1.59. The number of carbonyl (C=O) groups is 1. The molecule has 110 valence electrons. The number of nitrogens with two attached hydrogens (primary N) is 1. The molecule has 2 rings (SSSR count). The molecule has 1 aromatic carbocycles. The Balaban J connectivity index is 1.84. The van der Waals surface area contributed by atoms with E-state index in [9.17, 15) is 4.79 Å². The highest BCUT2D eigenvalue weighted by molar-refractivity contribution is 5.86. The molecule has 0 saturated carbocycles. The van der Waals surface area contributed by atoms with Crippen LogP contribution < -0.4 is 15.8 Å². The Morgan fingerprint density at radius 2 is 2.05 bits per heavy atom. The molecule has 1 aliphatic rings. The molecule has 0 aromatic heterocycles. The second-order valence-corrected chi connectivity index (χ2v) is 5.50. The lowest BCUT2D eigenvalue weighted by atomic mass is 9.99. The average Bonchev–Trinajstić information content (AvgIpc) is 2.44. The van der Waals surface area contributed by atoms with Crippen molar-refractivity contribution < 1.29 is 9.53 Å². The maximum Gasteiger partial charge on any atom is 0.240 e. The van der Waals surface area contributed by atoms with Gasteiger partial charge in [0.2, 0.25) is 5.91 Å². The fourth-order valence-corrected chi connectivity index (χ4v) is 2.33. The predicted octanol–water partition coefficient (Wildman–Crippen LogP) is 0.735. The van der Waals surface area contributed by atoms with Gasteiger partial charge in [-0.05, 0) is 31.5 Å². The van der Waals surface area contributed by atoms with E-state index in [0.717, 1.165) is 24.4 Å². The van der Waals surface area contributed by atoms with Gasteiger partial charge in [0.25, 0.3) is 0 Å². The Labute approximate surface area is 120 Å². The summed E-state index contributed by atoms with van der Waals surface area (Å²) in [7, 11) is 0. The van der Waals surface area contributed by atoms with Crippen LogP contribution >= 0.6 is 0 Å². The van der Waals surface area contributed by atoms with E-state index in [1.165, 1.54) is 0 Å². The zero-order valence-electron chi connectivity index (χ0n) is 12.2. The van der Waals surface area contributed by atoms with E-state index in [-0.39, 0.29) is 5.91 Å². The van der Waals surface area contributed by atoms with Crippen LogP contribution in [0.4, 0.5) is 0 Å². The Bertz CT molecular complexity index is 457. The molecule has 1 aliphatic heterocycles. The van der Waals surface area contributed by atoms with Gasteiger partial charge in [-0.3, -0.25) is 9.69 Å². The Morgan fingerprint density at radius 3 is 2.70 bits per heavy atom. The minimum absolute atomic E-state index is 0.0797. The minimum Gasteiger partial charge on any atom is -0.492 e. The summed E-state index contributed by atoms with van der Waals surface area (Å²) < 4.78 is 5.72. The molecule has 3 N–H and O–H groups in total. The first-order valence-corrected chi connectivity index (χ1v) is 6.99. The molecule has 0 bridgehead atoms. The summed E-state index contributed by atoms with van der Waals surface area (Å²) in [6.07, 6.45) is 0. The quantitative estimate of drug-likeness (QED) is 0.833. The second-order valence-electron chi connectivity index (χ2n) is 5.50. The van der Waals surface area contributed by atoms with Crippen LogP contribution in [0.5, 0.6) is 5.75 Å². The van der Waals surface area contributed by atoms with Crippen LogP contribution in [0.3, 0.4) is 0 Å². The number of ether oxygens (including phenoxy) is 1. The standard InChI is InChI=1S/C15H23N3O2/c1-15(2)14(19)17-7-8-18(15)9-10-20-13-5-3-12(11-16)4-6-13/h3-6H,7-11,16H2,1-2H3,(H,17,19). The number of hydrogen-bond acceptors (Lipinski definition) is 4. The van der Waals surface area contributed by atoms with Crippen LogP contribution in [0.1, 0.15) is 19.4 Å². The number of nitrogens with zero attached hydrogens (tertiary/aromatic N) is 1. The lowest BCUT2D eigenvalue weighted by Crippen LogP contribution is -2.62. The highest BCUT2D eigenvalue weighted by atomic mass is 16.5. The molecule has 5 heteroatoms. The van der Waals surface area contributed by atoms with Crippen molar-refractivity contribution in [1.29, 1.82) is 0 Å². The molecule has 5 nitrogen and oxygen atoms in total. The number of piperazine rings is 1. The molecule has 1 fully saturated rings. The molecule has 0 spiro atoms. The summed E-state index contributed by atoms with van der Waals surface area (Å²) >= 11 is 0. The fraction of sp³-hybridized carbons (Fsp3) is 0.533. The first-order chi connectivity index (χ1) is 9.54. The van der Waals surface area contributed by atoms with Gasteiger partial charge >= 0.3 is 0 Å². The van der Waals surface area contributed by atoms with Crippen molar-refractivity contribution in [2.24, 2.45) is 5.73 Å². The van der Waals surface area contributed by atoms with E-state index in [4.69, 9.17) is 10.5 Å². The van der Waals surface area contributed by atoms with E-state index >= 15 is 0 Å². The molecular weight excluding hydrogens is 254 g/mol. The maximum atomic E-state index is 11.8. The maximum absolute atomic E-state index is 11.8. The first-order valence-electron chi connectivity index (χ1n) is 6.99. The van der Waals surface area contributed by atoms with Crippen LogP contribution in [-0.2, 0) is 11.3 Å². The van der Waals surface area contributed by atoms with E-state index in [2.05, 4.69) is 10.2 Å². The largest absolute Gasteiger partial charge is 0.492 e. The number of benzene rings is 1. The van der Waals surface area contributed by atoms with Gasteiger partial charge in [0.15, 0.2) is 0 Å². The SMILES string of the molecule is CC1(C)C(=O)NCCN1CCOc1ccc(CN)cc1. The normalized spacial score (nSPS) is 18.6. The lowest BCUT2D eigenvalue weighted by molar-refractivity contribution is -0.135. The molecule has 1 aromatic rings. The van der Waals surface area contributed by atoms with Crippen molar-refractivity contribution in [3.05, 3.63) is 29.8 Å². The average molecular weight is 277 g/mol. The highest BCUT2D eigenvalue weighted by Gasteiger charge is 2.37. The monoisotopic (exact) mass is 277 g/mol. The lowest BCUT2D eigenvalue weighted by Gasteiger charge is -2.41. The van der Waals surface area contributed by atoms with Gasteiger partial charge < -0.3 is 15.8 Å². The minimum atomic E-state index is -0.467. The second kappa shape index (κ2) is 6.24. The van der Waals surface area contributed by atoms with Crippen LogP contribution in [-0.4, -0.2) is 42.6 Å². The van der Waals surface area contributed by atoms with E-state index in [1.807, 2.05) is 38.1 Å². The molecule has 0 unspecified atom stereocenters. The van der Waals surface area contributed by atoms with Crippen molar-refractivity contribution in [2.45, 2.75) is 25.9 Å². The number of nitrogens with one attached hydrogen (secondary N) is 1. The number of amides is 1. The zero-order chi connectivity index (χ0) is 14.6. The van der Waals surface area contributed by atoms with Crippen molar-refractivity contribution >= 4 is 5.91 Å². The van der Waals surface area contributed by atoms with E-state index < -0.39 is 5.54 Å². The first kappa shape index (κ1) is 14.8. The van der Waals surface area contributed by atoms with Gasteiger partial charge in [-0.25, -0.2) is 0 Å². The van der Waals surface area contributed by atoms with Gasteiger partial charge in [0, 0.05) is 26.2 Å². The summed E-state index contributed by atoms with van der Waals surface area (Å²) in [5.41, 5.74) is 6.18. The van der Waals surface area contributed by atoms with Gasteiger partial charge in [-0.15, -0.1) is 0 Å². The van der Waals surface area contributed by atoms with Gasteiger partial charge in [0.1, 0.15) is 12.4 Å². The summed E-state index contributed by atoms with van der Waals surface area (Å²) in [4.78, 5) is 14.0.